The fourth-order valence-electron chi connectivity index (χ4n) is 1.10. The summed E-state index contributed by atoms with van der Waals surface area (Å²) < 4.78 is 0. The van der Waals surface area contributed by atoms with E-state index in [1.54, 1.807) is 24.3 Å². The van der Waals surface area contributed by atoms with E-state index in [9.17, 15) is 9.70 Å². The van der Waals surface area contributed by atoms with Gasteiger partial charge in [-0.2, -0.15) is 5.01 Å². The average Bonchev–Trinajstić information content (AvgIpc) is 2.31. The summed E-state index contributed by atoms with van der Waals surface area (Å²) in [5.74, 6) is 0.380. The number of hydrogen-bond donors (Lipinski definition) is 1. The highest BCUT2D eigenvalue weighted by Crippen LogP contribution is 2.07. The largest absolute Gasteiger partial charge is 0.344 e. The van der Waals surface area contributed by atoms with Crippen LogP contribution in [0.5, 0.6) is 0 Å². The molecule has 86 valence electrons. The molecule has 1 N–H and O–H groups in total. The first kappa shape index (κ1) is 12.4. The molecule has 0 saturated carbocycles. The molecular weight excluding hydrogens is 230 g/mol. The molecule has 1 rings (SSSR count). The Morgan fingerprint density at radius 1 is 1.38 bits per heavy atom. The Hall–Kier alpha value is -1.62. The summed E-state index contributed by atoms with van der Waals surface area (Å²) in [6.45, 7) is 0.214. The number of nitroso groups, excluding NO2 is 1. The number of anilines is 1. The lowest BCUT2D eigenvalue weighted by Gasteiger charge is -2.13. The lowest BCUT2D eigenvalue weighted by molar-refractivity contribution is 0.213. The van der Waals surface area contributed by atoms with Crippen molar-refractivity contribution in [1.29, 1.82) is 0 Å². The Labute approximate surface area is 98.3 Å². The minimum atomic E-state index is -0.550. The van der Waals surface area contributed by atoms with Crippen LogP contribution in [-0.2, 0) is 0 Å². The number of para-hydroxylation sites is 1. The molecule has 0 fully saturated rings. The molecule has 0 aromatic heterocycles. The topological polar surface area (TPSA) is 61.8 Å². The normalized spacial score (nSPS) is 9.56. The summed E-state index contributed by atoms with van der Waals surface area (Å²) in [7, 11) is 0. The van der Waals surface area contributed by atoms with Crippen LogP contribution < -0.4 is 5.32 Å². The molecule has 0 bridgehead atoms. The van der Waals surface area contributed by atoms with Crippen molar-refractivity contribution in [2.75, 3.05) is 17.7 Å². The van der Waals surface area contributed by atoms with E-state index in [4.69, 9.17) is 11.6 Å². The molecule has 5 nitrogen and oxygen atoms in total. The SMILES string of the molecule is O=NN(CCCCl)C(=O)Nc1ccccc1. The first-order valence-corrected chi connectivity index (χ1v) is 5.34. The van der Waals surface area contributed by atoms with Crippen molar-refractivity contribution in [2.24, 2.45) is 5.29 Å². The standard InChI is InChI=1S/C10H12ClN3O2/c11-7-4-8-14(13-16)10(15)12-9-5-2-1-3-6-9/h1-3,5-6H,4,7-8H2,(H,12,15). The van der Waals surface area contributed by atoms with Crippen molar-refractivity contribution in [1.82, 2.24) is 5.01 Å². The Morgan fingerprint density at radius 3 is 2.62 bits per heavy atom. The molecule has 0 aliphatic heterocycles. The second-order valence-corrected chi connectivity index (χ2v) is 3.42. The molecule has 6 heteroatoms. The van der Waals surface area contributed by atoms with Gasteiger partial charge in [0.2, 0.25) is 0 Å². The van der Waals surface area contributed by atoms with Crippen molar-refractivity contribution in [3.05, 3.63) is 35.2 Å². The van der Waals surface area contributed by atoms with Crippen LogP contribution in [0.25, 0.3) is 0 Å². The number of rotatable bonds is 5. The number of amides is 2. The monoisotopic (exact) mass is 241 g/mol. The van der Waals surface area contributed by atoms with E-state index >= 15 is 0 Å². The van der Waals surface area contributed by atoms with Crippen molar-refractivity contribution in [3.63, 3.8) is 0 Å². The second kappa shape index (κ2) is 6.79. The Bertz CT molecular complexity index is 345. The summed E-state index contributed by atoms with van der Waals surface area (Å²) in [4.78, 5) is 21.9. The number of alkyl halides is 1. The Kier molecular flexibility index (Phi) is 5.28. The highest BCUT2D eigenvalue weighted by molar-refractivity contribution is 6.17. The molecule has 0 radical (unpaired) electrons. The number of hydrogen-bond acceptors (Lipinski definition) is 3. The zero-order valence-electron chi connectivity index (χ0n) is 8.60. The number of benzene rings is 1. The van der Waals surface area contributed by atoms with Crippen molar-refractivity contribution >= 4 is 23.3 Å². The highest BCUT2D eigenvalue weighted by atomic mass is 35.5. The molecular formula is C10H12ClN3O2. The number of carbonyl (C=O) groups excluding carboxylic acids is 1. The summed E-state index contributed by atoms with van der Waals surface area (Å²) in [6, 6.07) is 8.30. The van der Waals surface area contributed by atoms with Gasteiger partial charge in [-0.15, -0.1) is 16.5 Å². The van der Waals surface area contributed by atoms with Crippen molar-refractivity contribution in [3.8, 4) is 0 Å². The molecule has 0 aliphatic carbocycles. The summed E-state index contributed by atoms with van der Waals surface area (Å²) in [6.07, 6.45) is 0.523. The summed E-state index contributed by atoms with van der Waals surface area (Å²) >= 11 is 5.47. The van der Waals surface area contributed by atoms with Gasteiger partial charge in [0.1, 0.15) is 0 Å². The zero-order valence-corrected chi connectivity index (χ0v) is 9.35. The summed E-state index contributed by atoms with van der Waals surface area (Å²) in [5, 5.41) is 6.00. The van der Waals surface area contributed by atoms with E-state index in [2.05, 4.69) is 10.6 Å². The molecule has 0 heterocycles. The predicted octanol–water partition coefficient (Wildman–Crippen LogP) is 2.83. The van der Waals surface area contributed by atoms with Gasteiger partial charge in [-0.3, -0.25) is 0 Å². The van der Waals surface area contributed by atoms with E-state index in [1.165, 1.54) is 0 Å². The van der Waals surface area contributed by atoms with Crippen molar-refractivity contribution < 1.29 is 4.79 Å². The van der Waals surface area contributed by atoms with E-state index in [0.29, 0.717) is 18.0 Å². The minimum Gasteiger partial charge on any atom is -0.306 e. The third kappa shape index (κ3) is 3.86. The zero-order chi connectivity index (χ0) is 11.8. The minimum absolute atomic E-state index is 0.214. The number of halogens is 1. The average molecular weight is 242 g/mol. The van der Waals surface area contributed by atoms with Crippen LogP contribution in [-0.4, -0.2) is 23.5 Å². The smallest absolute Gasteiger partial charge is 0.306 e. The van der Waals surface area contributed by atoms with Crippen LogP contribution in [0.4, 0.5) is 10.5 Å². The van der Waals surface area contributed by atoms with E-state index < -0.39 is 6.03 Å². The van der Waals surface area contributed by atoms with Gasteiger partial charge in [-0.1, -0.05) is 18.2 Å². The highest BCUT2D eigenvalue weighted by Gasteiger charge is 2.13. The number of nitrogens with zero attached hydrogens (tertiary/aromatic N) is 2. The number of urea groups is 1. The van der Waals surface area contributed by atoms with Crippen LogP contribution in [0.2, 0.25) is 0 Å². The molecule has 1 aromatic carbocycles. The third-order valence-electron chi connectivity index (χ3n) is 1.86. The molecule has 16 heavy (non-hydrogen) atoms. The van der Waals surface area contributed by atoms with Crippen molar-refractivity contribution in [2.45, 2.75) is 6.42 Å². The number of carbonyl (C=O) groups is 1. The van der Waals surface area contributed by atoms with Crippen LogP contribution in [0, 0.1) is 4.91 Å². The van der Waals surface area contributed by atoms with Crippen LogP contribution >= 0.6 is 11.6 Å². The fourth-order valence-corrected chi connectivity index (χ4v) is 1.22. The van der Waals surface area contributed by atoms with Gasteiger partial charge in [0.25, 0.3) is 0 Å². The quantitative estimate of drug-likeness (QED) is 0.490. The van der Waals surface area contributed by atoms with Crippen LogP contribution in [0.1, 0.15) is 6.42 Å². The van der Waals surface area contributed by atoms with Gasteiger partial charge >= 0.3 is 6.03 Å². The molecule has 0 aliphatic rings. The van der Waals surface area contributed by atoms with E-state index in [0.717, 1.165) is 5.01 Å². The molecule has 0 atom stereocenters. The lowest BCUT2D eigenvalue weighted by atomic mass is 10.3. The molecule has 0 unspecified atom stereocenters. The molecule has 0 saturated heterocycles. The molecule has 0 spiro atoms. The van der Waals surface area contributed by atoms with Gasteiger partial charge in [-0.05, 0) is 18.6 Å². The van der Waals surface area contributed by atoms with Gasteiger partial charge in [-0.25, -0.2) is 4.79 Å². The van der Waals surface area contributed by atoms with Gasteiger partial charge in [0.05, 0.1) is 11.8 Å². The van der Waals surface area contributed by atoms with E-state index in [-0.39, 0.29) is 6.54 Å². The fraction of sp³-hybridized carbons (Fsp3) is 0.300. The molecule has 1 aromatic rings. The Morgan fingerprint density at radius 2 is 2.06 bits per heavy atom. The lowest BCUT2D eigenvalue weighted by Crippen LogP contribution is -2.31. The first-order chi connectivity index (χ1) is 7.77. The Balaban J connectivity index is 2.53. The maximum atomic E-state index is 11.5. The van der Waals surface area contributed by atoms with E-state index in [1.807, 2.05) is 6.07 Å². The molecule has 2 amide bonds. The summed E-state index contributed by atoms with van der Waals surface area (Å²) in [5.41, 5.74) is 0.618. The third-order valence-corrected chi connectivity index (χ3v) is 2.13. The first-order valence-electron chi connectivity index (χ1n) is 4.80. The maximum Gasteiger partial charge on any atom is 0.344 e. The number of nitrogens with one attached hydrogen (secondary N) is 1. The van der Waals surface area contributed by atoms with Gasteiger partial charge in [0.15, 0.2) is 0 Å². The maximum absolute atomic E-state index is 11.5. The van der Waals surface area contributed by atoms with Crippen LogP contribution in [0.15, 0.2) is 35.6 Å². The second-order valence-electron chi connectivity index (χ2n) is 3.04. The van der Waals surface area contributed by atoms with Gasteiger partial charge in [0, 0.05) is 11.6 Å². The van der Waals surface area contributed by atoms with Crippen LogP contribution in [0.3, 0.4) is 0 Å². The van der Waals surface area contributed by atoms with Gasteiger partial charge < -0.3 is 5.32 Å². The predicted molar refractivity (Wildman–Crippen MR) is 63.3 cm³/mol.